The predicted molar refractivity (Wildman–Crippen MR) is 88.8 cm³/mol. The molecule has 0 saturated carbocycles. The lowest BCUT2D eigenvalue weighted by Gasteiger charge is -2.12. The van der Waals surface area contributed by atoms with Gasteiger partial charge in [0, 0.05) is 6.07 Å². The summed E-state index contributed by atoms with van der Waals surface area (Å²) in [5, 5.41) is 2.76. The molecule has 0 aliphatic heterocycles. The first-order valence-electron chi connectivity index (χ1n) is 7.59. The van der Waals surface area contributed by atoms with E-state index >= 15 is 0 Å². The summed E-state index contributed by atoms with van der Waals surface area (Å²) in [6, 6.07) is 8.64. The van der Waals surface area contributed by atoms with Crippen LogP contribution in [0.4, 0.5) is 5.69 Å². The number of hydrogen-bond donors (Lipinski definition) is 1. The SMILES string of the molecule is CCOc1ccccc1NC(=O)Cn1cnc(C(C)C)cc1=O. The van der Waals surface area contributed by atoms with Gasteiger partial charge in [0.05, 0.1) is 24.3 Å². The normalized spacial score (nSPS) is 10.6. The molecular formula is C17H21N3O3. The molecule has 6 nitrogen and oxygen atoms in total. The third kappa shape index (κ3) is 4.42. The van der Waals surface area contributed by atoms with Gasteiger partial charge >= 0.3 is 0 Å². The van der Waals surface area contributed by atoms with Crippen LogP contribution >= 0.6 is 0 Å². The standard InChI is InChI=1S/C17H21N3O3/c1-4-23-15-8-6-5-7-13(15)19-16(21)10-20-11-18-14(12(2)3)9-17(20)22/h5-9,11-12H,4,10H2,1-3H3,(H,19,21). The third-order valence-electron chi connectivity index (χ3n) is 3.27. The molecular weight excluding hydrogens is 294 g/mol. The Labute approximate surface area is 135 Å². The van der Waals surface area contributed by atoms with Gasteiger partial charge in [-0.2, -0.15) is 0 Å². The minimum Gasteiger partial charge on any atom is -0.492 e. The lowest BCUT2D eigenvalue weighted by Crippen LogP contribution is -2.28. The summed E-state index contributed by atoms with van der Waals surface area (Å²) < 4.78 is 6.74. The van der Waals surface area contributed by atoms with E-state index in [9.17, 15) is 9.59 Å². The number of hydrogen-bond acceptors (Lipinski definition) is 4. The molecule has 0 spiro atoms. The molecule has 0 unspecified atom stereocenters. The van der Waals surface area contributed by atoms with Crippen LogP contribution in [0.15, 0.2) is 41.5 Å². The molecule has 2 rings (SSSR count). The van der Waals surface area contributed by atoms with Gasteiger partial charge in [-0.25, -0.2) is 4.98 Å². The molecule has 23 heavy (non-hydrogen) atoms. The van der Waals surface area contributed by atoms with E-state index in [0.29, 0.717) is 23.7 Å². The molecule has 1 heterocycles. The average Bonchev–Trinajstić information content (AvgIpc) is 2.51. The lowest BCUT2D eigenvalue weighted by molar-refractivity contribution is -0.116. The molecule has 0 fully saturated rings. The Morgan fingerprint density at radius 2 is 2.09 bits per heavy atom. The molecule has 0 saturated heterocycles. The van der Waals surface area contributed by atoms with Gasteiger partial charge in [-0.3, -0.25) is 14.2 Å². The Morgan fingerprint density at radius 1 is 1.35 bits per heavy atom. The van der Waals surface area contributed by atoms with Crippen LogP contribution in [0.25, 0.3) is 0 Å². The van der Waals surface area contributed by atoms with E-state index in [1.807, 2.05) is 32.9 Å². The number of rotatable bonds is 6. The second kappa shape index (κ2) is 7.58. The van der Waals surface area contributed by atoms with Gasteiger partial charge in [0.2, 0.25) is 5.91 Å². The number of carbonyl (C=O) groups is 1. The van der Waals surface area contributed by atoms with E-state index in [2.05, 4.69) is 10.3 Å². The largest absolute Gasteiger partial charge is 0.492 e. The molecule has 0 atom stereocenters. The number of para-hydroxylation sites is 2. The number of aromatic nitrogens is 2. The highest BCUT2D eigenvalue weighted by molar-refractivity contribution is 5.92. The van der Waals surface area contributed by atoms with Crippen LogP contribution in [0.1, 0.15) is 32.4 Å². The molecule has 122 valence electrons. The molecule has 0 radical (unpaired) electrons. The van der Waals surface area contributed by atoms with Crippen LogP contribution in [0, 0.1) is 0 Å². The van der Waals surface area contributed by atoms with Crippen molar-refractivity contribution in [3.05, 3.63) is 52.7 Å². The number of carbonyl (C=O) groups excluding carboxylic acids is 1. The van der Waals surface area contributed by atoms with Crippen LogP contribution in [0.5, 0.6) is 5.75 Å². The molecule has 0 aliphatic rings. The fourth-order valence-electron chi connectivity index (χ4n) is 2.07. The first kappa shape index (κ1) is 16.7. The maximum Gasteiger partial charge on any atom is 0.254 e. The Balaban J connectivity index is 2.10. The monoisotopic (exact) mass is 315 g/mol. The predicted octanol–water partition coefficient (Wildman–Crippen LogP) is 2.40. The summed E-state index contributed by atoms with van der Waals surface area (Å²) in [6.07, 6.45) is 1.41. The number of amides is 1. The summed E-state index contributed by atoms with van der Waals surface area (Å²) in [5.41, 5.74) is 1.06. The van der Waals surface area contributed by atoms with Crippen LogP contribution < -0.4 is 15.6 Å². The quantitative estimate of drug-likeness (QED) is 0.888. The molecule has 0 aliphatic carbocycles. The molecule has 6 heteroatoms. The van der Waals surface area contributed by atoms with Crippen molar-refractivity contribution in [2.75, 3.05) is 11.9 Å². The number of nitrogens with zero attached hydrogens (tertiary/aromatic N) is 2. The van der Waals surface area contributed by atoms with E-state index < -0.39 is 0 Å². The van der Waals surface area contributed by atoms with Crippen LogP contribution in [-0.2, 0) is 11.3 Å². The summed E-state index contributed by atoms with van der Waals surface area (Å²) in [5.74, 6) is 0.464. The maximum atomic E-state index is 12.2. The van der Waals surface area contributed by atoms with Gasteiger partial charge < -0.3 is 10.1 Å². The van der Waals surface area contributed by atoms with Crippen LogP contribution in [0.2, 0.25) is 0 Å². The Morgan fingerprint density at radius 3 is 2.74 bits per heavy atom. The number of benzene rings is 1. The summed E-state index contributed by atoms with van der Waals surface area (Å²) in [4.78, 5) is 28.4. The number of ether oxygens (including phenoxy) is 1. The van der Waals surface area contributed by atoms with Crippen molar-refractivity contribution >= 4 is 11.6 Å². The number of nitrogens with one attached hydrogen (secondary N) is 1. The number of anilines is 1. The fourth-order valence-corrected chi connectivity index (χ4v) is 2.07. The highest BCUT2D eigenvalue weighted by Crippen LogP contribution is 2.23. The minimum absolute atomic E-state index is 0.0926. The van der Waals surface area contributed by atoms with Crippen LogP contribution in [-0.4, -0.2) is 22.1 Å². The van der Waals surface area contributed by atoms with Crippen molar-refractivity contribution in [1.82, 2.24) is 9.55 Å². The van der Waals surface area contributed by atoms with Crippen LogP contribution in [0.3, 0.4) is 0 Å². The van der Waals surface area contributed by atoms with Gasteiger partial charge in [-0.15, -0.1) is 0 Å². The lowest BCUT2D eigenvalue weighted by atomic mass is 10.1. The van der Waals surface area contributed by atoms with Gasteiger partial charge in [0.25, 0.3) is 5.56 Å². The van der Waals surface area contributed by atoms with E-state index in [1.54, 1.807) is 12.1 Å². The minimum atomic E-state index is -0.307. The summed E-state index contributed by atoms with van der Waals surface area (Å²) in [6.45, 7) is 6.21. The second-order valence-electron chi connectivity index (χ2n) is 5.41. The topological polar surface area (TPSA) is 73.2 Å². The first-order chi connectivity index (χ1) is 11.0. The van der Waals surface area contributed by atoms with E-state index in [4.69, 9.17) is 4.74 Å². The zero-order valence-electron chi connectivity index (χ0n) is 13.6. The Kier molecular flexibility index (Phi) is 5.51. The smallest absolute Gasteiger partial charge is 0.254 e. The van der Waals surface area contributed by atoms with Gasteiger partial charge in [0.1, 0.15) is 12.3 Å². The third-order valence-corrected chi connectivity index (χ3v) is 3.27. The van der Waals surface area contributed by atoms with Crippen molar-refractivity contribution in [1.29, 1.82) is 0 Å². The van der Waals surface area contributed by atoms with Gasteiger partial charge in [-0.05, 0) is 25.0 Å². The molecule has 1 aromatic carbocycles. The van der Waals surface area contributed by atoms with Gasteiger partial charge in [-0.1, -0.05) is 26.0 Å². The highest BCUT2D eigenvalue weighted by atomic mass is 16.5. The Bertz CT molecular complexity index is 738. The highest BCUT2D eigenvalue weighted by Gasteiger charge is 2.10. The molecule has 1 N–H and O–H groups in total. The summed E-state index contributed by atoms with van der Waals surface area (Å²) in [7, 11) is 0. The zero-order valence-corrected chi connectivity index (χ0v) is 13.6. The molecule has 2 aromatic rings. The van der Waals surface area contributed by atoms with Crippen molar-refractivity contribution in [3.63, 3.8) is 0 Å². The first-order valence-corrected chi connectivity index (χ1v) is 7.59. The van der Waals surface area contributed by atoms with E-state index in [0.717, 1.165) is 0 Å². The molecule has 0 bridgehead atoms. The fraction of sp³-hybridized carbons (Fsp3) is 0.353. The molecule has 1 amide bonds. The second-order valence-corrected chi connectivity index (χ2v) is 5.41. The van der Waals surface area contributed by atoms with Crippen molar-refractivity contribution in [3.8, 4) is 5.75 Å². The van der Waals surface area contributed by atoms with Crippen molar-refractivity contribution in [2.45, 2.75) is 33.2 Å². The maximum absolute atomic E-state index is 12.2. The Hall–Kier alpha value is -2.63. The average molecular weight is 315 g/mol. The molecule has 1 aromatic heterocycles. The van der Waals surface area contributed by atoms with E-state index in [-0.39, 0.29) is 23.9 Å². The van der Waals surface area contributed by atoms with Gasteiger partial charge in [0.15, 0.2) is 0 Å². The zero-order chi connectivity index (χ0) is 16.8. The van der Waals surface area contributed by atoms with Crippen molar-refractivity contribution < 1.29 is 9.53 Å². The summed E-state index contributed by atoms with van der Waals surface area (Å²) >= 11 is 0. The van der Waals surface area contributed by atoms with Crippen molar-refractivity contribution in [2.24, 2.45) is 0 Å². The van der Waals surface area contributed by atoms with E-state index in [1.165, 1.54) is 17.0 Å².